The quantitative estimate of drug-likeness (QED) is 0.894. The number of rotatable bonds is 4. The molecule has 0 aliphatic heterocycles. The van der Waals surface area contributed by atoms with E-state index in [4.69, 9.17) is 4.42 Å². The predicted molar refractivity (Wildman–Crippen MR) is 68.0 cm³/mol. The molecular formula is C14H16F3NO. The fraction of sp³-hybridized carbons (Fsp3) is 0.429. The monoisotopic (exact) mass is 271 g/mol. The van der Waals surface area contributed by atoms with E-state index in [1.54, 1.807) is 6.07 Å². The normalized spacial score (nSPS) is 13.9. The average Bonchev–Trinajstić information content (AvgIpc) is 2.70. The van der Waals surface area contributed by atoms with Crippen LogP contribution in [0.2, 0.25) is 0 Å². The first kappa shape index (κ1) is 13.9. The SMILES string of the molecule is CCCNC(c1cc2cc(C)ccc2o1)C(F)(F)F. The van der Waals surface area contributed by atoms with Crippen molar-refractivity contribution in [1.29, 1.82) is 0 Å². The first-order valence-electron chi connectivity index (χ1n) is 6.22. The lowest BCUT2D eigenvalue weighted by molar-refractivity contribution is -0.161. The van der Waals surface area contributed by atoms with Crippen LogP contribution in [0.1, 0.15) is 30.7 Å². The summed E-state index contributed by atoms with van der Waals surface area (Å²) in [6.45, 7) is 4.01. The maximum absolute atomic E-state index is 13.0. The number of aryl methyl sites for hydroxylation is 1. The van der Waals surface area contributed by atoms with Crippen molar-refractivity contribution in [3.8, 4) is 0 Å². The summed E-state index contributed by atoms with van der Waals surface area (Å²) in [5, 5.41) is 3.18. The van der Waals surface area contributed by atoms with Crippen molar-refractivity contribution in [2.45, 2.75) is 32.5 Å². The summed E-state index contributed by atoms with van der Waals surface area (Å²) in [7, 11) is 0. The van der Waals surface area contributed by atoms with Gasteiger partial charge in [-0.15, -0.1) is 0 Å². The molecule has 1 aromatic carbocycles. The summed E-state index contributed by atoms with van der Waals surface area (Å²) in [5.41, 5.74) is 1.47. The third-order valence-electron chi connectivity index (χ3n) is 2.90. The van der Waals surface area contributed by atoms with Gasteiger partial charge < -0.3 is 4.42 Å². The number of alkyl halides is 3. The fourth-order valence-electron chi connectivity index (χ4n) is 1.99. The first-order chi connectivity index (χ1) is 8.91. The van der Waals surface area contributed by atoms with Crippen LogP contribution in [-0.4, -0.2) is 12.7 Å². The Hall–Kier alpha value is -1.49. The van der Waals surface area contributed by atoms with Crippen LogP contribution in [0.4, 0.5) is 13.2 Å². The smallest absolute Gasteiger partial charge is 0.410 e. The van der Waals surface area contributed by atoms with Crippen molar-refractivity contribution in [2.24, 2.45) is 0 Å². The zero-order valence-corrected chi connectivity index (χ0v) is 10.8. The van der Waals surface area contributed by atoms with Gasteiger partial charge in [0.2, 0.25) is 0 Å². The standard InChI is InChI=1S/C14H16F3NO/c1-3-6-18-13(14(15,16)17)12-8-10-7-9(2)4-5-11(10)19-12/h4-5,7-8,13,18H,3,6H2,1-2H3. The predicted octanol–water partition coefficient (Wildman–Crippen LogP) is 4.34. The molecule has 0 saturated carbocycles. The molecule has 2 rings (SSSR count). The number of benzene rings is 1. The number of furan rings is 1. The zero-order valence-electron chi connectivity index (χ0n) is 10.8. The largest absolute Gasteiger partial charge is 0.459 e. The Morgan fingerprint density at radius 1 is 1.26 bits per heavy atom. The summed E-state index contributed by atoms with van der Waals surface area (Å²) >= 11 is 0. The van der Waals surface area contributed by atoms with E-state index in [9.17, 15) is 13.2 Å². The lowest BCUT2D eigenvalue weighted by atomic mass is 10.1. The van der Waals surface area contributed by atoms with E-state index in [1.807, 2.05) is 26.0 Å². The molecule has 19 heavy (non-hydrogen) atoms. The van der Waals surface area contributed by atoms with E-state index in [0.29, 0.717) is 23.9 Å². The Morgan fingerprint density at radius 2 is 2.00 bits per heavy atom. The van der Waals surface area contributed by atoms with Crippen molar-refractivity contribution < 1.29 is 17.6 Å². The van der Waals surface area contributed by atoms with E-state index in [-0.39, 0.29) is 5.76 Å². The van der Waals surface area contributed by atoms with Crippen molar-refractivity contribution in [1.82, 2.24) is 5.32 Å². The Labute approximate surface area is 109 Å². The van der Waals surface area contributed by atoms with Crippen LogP contribution < -0.4 is 5.32 Å². The first-order valence-corrected chi connectivity index (χ1v) is 6.22. The summed E-state index contributed by atoms with van der Waals surface area (Å²) in [5.74, 6) is -0.0819. The van der Waals surface area contributed by atoms with Gasteiger partial charge in [0.05, 0.1) is 0 Å². The minimum absolute atomic E-state index is 0.0819. The zero-order chi connectivity index (χ0) is 14.0. The third kappa shape index (κ3) is 3.10. The van der Waals surface area contributed by atoms with E-state index in [2.05, 4.69) is 5.32 Å². The Bertz CT molecular complexity index is 559. The highest BCUT2D eigenvalue weighted by molar-refractivity contribution is 5.78. The summed E-state index contributed by atoms with van der Waals surface area (Å²) in [6, 6.07) is 5.04. The second kappa shape index (κ2) is 5.25. The van der Waals surface area contributed by atoms with E-state index in [1.165, 1.54) is 6.07 Å². The van der Waals surface area contributed by atoms with Gasteiger partial charge in [-0.05, 0) is 38.1 Å². The molecule has 0 radical (unpaired) electrons. The van der Waals surface area contributed by atoms with Crippen molar-refractivity contribution in [3.63, 3.8) is 0 Å². The van der Waals surface area contributed by atoms with E-state index < -0.39 is 12.2 Å². The van der Waals surface area contributed by atoms with Crippen LogP contribution in [-0.2, 0) is 0 Å². The molecule has 1 N–H and O–H groups in total. The molecule has 0 aliphatic rings. The molecular weight excluding hydrogens is 255 g/mol. The molecule has 1 aromatic heterocycles. The highest BCUT2D eigenvalue weighted by Gasteiger charge is 2.42. The fourth-order valence-corrected chi connectivity index (χ4v) is 1.99. The summed E-state index contributed by atoms with van der Waals surface area (Å²) in [4.78, 5) is 0. The van der Waals surface area contributed by atoms with Crippen LogP contribution in [0.5, 0.6) is 0 Å². The molecule has 0 spiro atoms. The molecule has 1 atom stereocenters. The third-order valence-corrected chi connectivity index (χ3v) is 2.90. The van der Waals surface area contributed by atoms with Crippen LogP contribution in [0, 0.1) is 6.92 Å². The second-order valence-corrected chi connectivity index (χ2v) is 4.62. The van der Waals surface area contributed by atoms with Gasteiger partial charge in [0, 0.05) is 5.39 Å². The van der Waals surface area contributed by atoms with Crippen LogP contribution in [0.25, 0.3) is 11.0 Å². The summed E-state index contributed by atoms with van der Waals surface area (Å²) in [6.07, 6.45) is -3.73. The van der Waals surface area contributed by atoms with Gasteiger partial charge in [-0.2, -0.15) is 13.2 Å². The maximum atomic E-state index is 13.0. The van der Waals surface area contributed by atoms with Gasteiger partial charge in [0.15, 0.2) is 6.04 Å². The molecule has 5 heteroatoms. The van der Waals surface area contributed by atoms with Crippen LogP contribution in [0.15, 0.2) is 28.7 Å². The van der Waals surface area contributed by atoms with E-state index >= 15 is 0 Å². The highest BCUT2D eigenvalue weighted by atomic mass is 19.4. The molecule has 2 aromatic rings. The Balaban J connectivity index is 2.38. The molecule has 1 unspecified atom stereocenters. The lowest BCUT2D eigenvalue weighted by Gasteiger charge is -2.19. The van der Waals surface area contributed by atoms with Gasteiger partial charge in [-0.1, -0.05) is 18.6 Å². The van der Waals surface area contributed by atoms with Crippen molar-refractivity contribution >= 4 is 11.0 Å². The molecule has 0 saturated heterocycles. The van der Waals surface area contributed by atoms with Crippen LogP contribution in [0.3, 0.4) is 0 Å². The second-order valence-electron chi connectivity index (χ2n) is 4.62. The maximum Gasteiger partial charge on any atom is 0.410 e. The lowest BCUT2D eigenvalue weighted by Crippen LogP contribution is -2.34. The Morgan fingerprint density at radius 3 is 2.63 bits per heavy atom. The number of fused-ring (bicyclic) bond motifs is 1. The molecule has 0 aliphatic carbocycles. The van der Waals surface area contributed by atoms with Crippen molar-refractivity contribution in [3.05, 3.63) is 35.6 Å². The van der Waals surface area contributed by atoms with Gasteiger partial charge in [-0.3, -0.25) is 5.32 Å². The average molecular weight is 271 g/mol. The number of halogens is 3. The molecule has 0 amide bonds. The molecule has 0 bridgehead atoms. The number of nitrogens with one attached hydrogen (secondary N) is 1. The number of hydrogen-bond acceptors (Lipinski definition) is 2. The van der Waals surface area contributed by atoms with Gasteiger partial charge in [0.1, 0.15) is 11.3 Å². The van der Waals surface area contributed by atoms with Gasteiger partial charge in [-0.25, -0.2) is 0 Å². The van der Waals surface area contributed by atoms with Crippen LogP contribution >= 0.6 is 0 Å². The molecule has 2 nitrogen and oxygen atoms in total. The van der Waals surface area contributed by atoms with Crippen molar-refractivity contribution in [2.75, 3.05) is 6.54 Å². The van der Waals surface area contributed by atoms with Gasteiger partial charge >= 0.3 is 6.18 Å². The minimum atomic E-state index is -4.36. The minimum Gasteiger partial charge on any atom is -0.459 e. The van der Waals surface area contributed by atoms with Gasteiger partial charge in [0.25, 0.3) is 0 Å². The summed E-state index contributed by atoms with van der Waals surface area (Å²) < 4.78 is 44.4. The van der Waals surface area contributed by atoms with E-state index in [0.717, 1.165) is 5.56 Å². The molecule has 1 heterocycles. The molecule has 0 fully saturated rings. The Kier molecular flexibility index (Phi) is 3.85. The highest BCUT2D eigenvalue weighted by Crippen LogP contribution is 2.35. The topological polar surface area (TPSA) is 25.2 Å². The molecule has 104 valence electrons. The number of hydrogen-bond donors (Lipinski definition) is 1.